The third-order valence-electron chi connectivity index (χ3n) is 11.6. The molecule has 9 aromatic carbocycles. The number of rotatable bonds is 4. The highest BCUT2D eigenvalue weighted by Gasteiger charge is 2.36. The predicted octanol–water partition coefficient (Wildman–Crippen LogP) is 14.5. The highest BCUT2D eigenvalue weighted by Crippen LogP contribution is 2.53. The third-order valence-corrected chi connectivity index (χ3v) is 11.6. The van der Waals surface area contributed by atoms with Gasteiger partial charge in [-0.1, -0.05) is 135 Å². The molecule has 0 spiro atoms. The Balaban J connectivity index is 1.21. The number of fused-ring (bicyclic) bond motifs is 9. The average molecular weight is 678 g/mol. The fourth-order valence-corrected chi connectivity index (χ4v) is 9.00. The minimum absolute atomic E-state index is 0.178. The van der Waals surface area contributed by atoms with Crippen LogP contribution in [0, 0.1) is 0 Å². The molecule has 0 saturated carbocycles. The van der Waals surface area contributed by atoms with Crippen molar-refractivity contribution in [3.05, 3.63) is 187 Å². The van der Waals surface area contributed by atoms with Crippen LogP contribution in [0.2, 0.25) is 0 Å². The molecule has 10 aromatic rings. The van der Waals surface area contributed by atoms with Crippen LogP contribution in [0.1, 0.15) is 25.0 Å². The van der Waals surface area contributed by atoms with Crippen LogP contribution >= 0.6 is 0 Å². The summed E-state index contributed by atoms with van der Waals surface area (Å²) in [6.45, 7) is 4.75. The molecule has 53 heavy (non-hydrogen) atoms. The third kappa shape index (κ3) is 4.45. The molecule has 0 N–H and O–H groups in total. The quantitative estimate of drug-likeness (QED) is 0.184. The van der Waals surface area contributed by atoms with Gasteiger partial charge in [-0.05, 0) is 115 Å². The van der Waals surface area contributed by atoms with Crippen LogP contribution in [-0.2, 0) is 5.41 Å². The molecule has 0 radical (unpaired) electrons. The van der Waals surface area contributed by atoms with Crippen molar-refractivity contribution in [2.75, 3.05) is 4.90 Å². The molecule has 2 nitrogen and oxygen atoms in total. The van der Waals surface area contributed by atoms with Gasteiger partial charge in [-0.2, -0.15) is 0 Å². The topological polar surface area (TPSA) is 16.4 Å². The number of benzene rings is 9. The van der Waals surface area contributed by atoms with Crippen LogP contribution in [-0.4, -0.2) is 0 Å². The molecule has 0 atom stereocenters. The Hall–Kier alpha value is -6.64. The van der Waals surface area contributed by atoms with E-state index in [1.54, 1.807) is 0 Å². The summed E-state index contributed by atoms with van der Waals surface area (Å²) in [6, 6.07) is 64.4. The second-order valence-corrected chi connectivity index (χ2v) is 14.9. The zero-order valence-corrected chi connectivity index (χ0v) is 29.6. The molecule has 11 rings (SSSR count). The van der Waals surface area contributed by atoms with Gasteiger partial charge in [0.2, 0.25) is 0 Å². The van der Waals surface area contributed by atoms with Crippen molar-refractivity contribution in [3.8, 4) is 22.3 Å². The molecule has 1 aromatic heterocycles. The largest absolute Gasteiger partial charge is 0.456 e. The Morgan fingerprint density at radius 1 is 0.396 bits per heavy atom. The van der Waals surface area contributed by atoms with E-state index < -0.39 is 0 Å². The molecular weight excluding hydrogens is 643 g/mol. The Labute approximate surface area is 308 Å². The van der Waals surface area contributed by atoms with Gasteiger partial charge in [-0.15, -0.1) is 0 Å². The van der Waals surface area contributed by atoms with Crippen molar-refractivity contribution in [2.45, 2.75) is 19.3 Å². The molecule has 0 saturated heterocycles. The van der Waals surface area contributed by atoms with Gasteiger partial charge in [0.1, 0.15) is 11.2 Å². The molecule has 1 aliphatic rings. The van der Waals surface area contributed by atoms with Crippen LogP contribution in [0.4, 0.5) is 17.1 Å². The average Bonchev–Trinajstić information content (AvgIpc) is 3.68. The number of anilines is 3. The van der Waals surface area contributed by atoms with E-state index in [1.807, 2.05) is 6.07 Å². The molecule has 250 valence electrons. The number of furan rings is 1. The van der Waals surface area contributed by atoms with E-state index >= 15 is 0 Å². The first-order valence-corrected chi connectivity index (χ1v) is 18.4. The van der Waals surface area contributed by atoms with Crippen LogP contribution in [0.15, 0.2) is 180 Å². The highest BCUT2D eigenvalue weighted by atomic mass is 16.3. The van der Waals surface area contributed by atoms with Crippen LogP contribution < -0.4 is 4.90 Å². The molecule has 0 unspecified atom stereocenters. The van der Waals surface area contributed by atoms with Crippen LogP contribution in [0.3, 0.4) is 0 Å². The summed E-state index contributed by atoms with van der Waals surface area (Å²) in [7, 11) is 0. The van der Waals surface area contributed by atoms with Crippen molar-refractivity contribution < 1.29 is 4.42 Å². The van der Waals surface area contributed by atoms with E-state index in [2.05, 4.69) is 189 Å². The molecule has 2 heteroatoms. The molecule has 0 amide bonds. The smallest absolute Gasteiger partial charge is 0.135 e. The first kappa shape index (κ1) is 30.0. The maximum atomic E-state index is 6.34. The fraction of sp³-hybridized carbons (Fsp3) is 0.0588. The molecule has 0 bridgehead atoms. The predicted molar refractivity (Wildman–Crippen MR) is 224 cm³/mol. The minimum Gasteiger partial charge on any atom is -0.456 e. The second kappa shape index (κ2) is 11.2. The van der Waals surface area contributed by atoms with E-state index in [9.17, 15) is 0 Å². The zero-order chi connectivity index (χ0) is 35.3. The summed E-state index contributed by atoms with van der Waals surface area (Å²) in [5, 5.41) is 9.69. The molecule has 0 fully saturated rings. The van der Waals surface area contributed by atoms with Gasteiger partial charge in [-0.3, -0.25) is 0 Å². The highest BCUT2D eigenvalue weighted by molar-refractivity contribution is 6.12. The summed E-state index contributed by atoms with van der Waals surface area (Å²) < 4.78 is 6.34. The lowest BCUT2D eigenvalue weighted by atomic mass is 9.81. The molecule has 0 aliphatic heterocycles. The Bertz CT molecular complexity index is 3100. The van der Waals surface area contributed by atoms with E-state index in [-0.39, 0.29) is 5.41 Å². The first-order valence-electron chi connectivity index (χ1n) is 18.4. The molecule has 1 heterocycles. The monoisotopic (exact) mass is 677 g/mol. The van der Waals surface area contributed by atoms with Gasteiger partial charge in [0, 0.05) is 33.1 Å². The normalized spacial score (nSPS) is 13.2. The van der Waals surface area contributed by atoms with Crippen LogP contribution in [0.25, 0.3) is 76.5 Å². The maximum absolute atomic E-state index is 6.34. The van der Waals surface area contributed by atoms with E-state index in [0.717, 1.165) is 39.0 Å². The summed E-state index contributed by atoms with van der Waals surface area (Å²) in [5.74, 6) is 0. The Morgan fingerprint density at radius 3 is 1.83 bits per heavy atom. The summed E-state index contributed by atoms with van der Waals surface area (Å²) in [5.41, 5.74) is 12.7. The molecular formula is C51H35NO. The van der Waals surface area contributed by atoms with Crippen molar-refractivity contribution in [1.82, 2.24) is 0 Å². The van der Waals surface area contributed by atoms with Crippen LogP contribution in [0.5, 0.6) is 0 Å². The van der Waals surface area contributed by atoms with Crippen molar-refractivity contribution in [2.24, 2.45) is 0 Å². The lowest BCUT2D eigenvalue weighted by Crippen LogP contribution is -2.17. The van der Waals surface area contributed by atoms with Crippen molar-refractivity contribution >= 4 is 71.3 Å². The second-order valence-electron chi connectivity index (χ2n) is 14.9. The van der Waals surface area contributed by atoms with Crippen molar-refractivity contribution in [3.63, 3.8) is 0 Å². The lowest BCUT2D eigenvalue weighted by molar-refractivity contribution is 0.661. The van der Waals surface area contributed by atoms with Gasteiger partial charge in [0.05, 0.1) is 5.69 Å². The van der Waals surface area contributed by atoms with Gasteiger partial charge < -0.3 is 9.32 Å². The fourth-order valence-electron chi connectivity index (χ4n) is 9.00. The maximum Gasteiger partial charge on any atom is 0.135 e. The first-order chi connectivity index (χ1) is 26.0. The van der Waals surface area contributed by atoms with Crippen molar-refractivity contribution in [1.29, 1.82) is 0 Å². The lowest BCUT2D eigenvalue weighted by Gasteiger charge is -2.30. The Kier molecular flexibility index (Phi) is 6.33. The van der Waals surface area contributed by atoms with E-state index in [0.29, 0.717) is 0 Å². The number of nitrogens with zero attached hydrogens (tertiary/aromatic N) is 1. The van der Waals surface area contributed by atoms with Gasteiger partial charge in [0.25, 0.3) is 0 Å². The van der Waals surface area contributed by atoms with Gasteiger partial charge in [0.15, 0.2) is 0 Å². The standard InChI is InChI=1S/C51H35NO/c1-51(2)45-29-35-15-4-3-14-34(35)28-43(45)40-25-23-37(31-46(40)51)52(36-24-27-49-44(30-36)41-19-9-10-21-48(41)53-49)47-26-22-33-13-6-8-18-39(33)50(47)42-20-11-16-32-12-5-7-17-38(32)42/h3-31H,1-2H3. The Morgan fingerprint density at radius 2 is 1.00 bits per heavy atom. The number of hydrogen-bond acceptors (Lipinski definition) is 2. The summed E-state index contributed by atoms with van der Waals surface area (Å²) >= 11 is 0. The van der Waals surface area contributed by atoms with Gasteiger partial charge in [-0.25, -0.2) is 0 Å². The van der Waals surface area contributed by atoms with E-state index in [1.165, 1.54) is 65.7 Å². The summed E-state index contributed by atoms with van der Waals surface area (Å²) in [4.78, 5) is 2.47. The zero-order valence-electron chi connectivity index (χ0n) is 29.6. The number of hydrogen-bond donors (Lipinski definition) is 0. The van der Waals surface area contributed by atoms with Gasteiger partial charge >= 0.3 is 0 Å². The van der Waals surface area contributed by atoms with E-state index in [4.69, 9.17) is 4.42 Å². The SMILES string of the molecule is CC1(C)c2cc(N(c3ccc4oc5ccccc5c4c3)c3ccc4ccccc4c3-c3cccc4ccccc34)ccc2-c2cc3ccccc3cc21. The minimum atomic E-state index is -0.178. The molecule has 1 aliphatic carbocycles. The number of para-hydroxylation sites is 1. The summed E-state index contributed by atoms with van der Waals surface area (Å²) in [6.07, 6.45) is 0.